The summed E-state index contributed by atoms with van der Waals surface area (Å²) in [6.07, 6.45) is 1.92. The molecule has 0 aromatic carbocycles. The van der Waals surface area contributed by atoms with Crippen molar-refractivity contribution in [3.8, 4) is 0 Å². The number of carbonyl (C=O) groups is 1. The van der Waals surface area contributed by atoms with Crippen LogP contribution in [0.15, 0.2) is 0 Å². The van der Waals surface area contributed by atoms with Gasteiger partial charge in [-0.25, -0.2) is 0 Å². The monoisotopic (exact) mass is 152 g/mol. The highest BCUT2D eigenvalue weighted by molar-refractivity contribution is 8.76. The molecule has 0 unspecified atom stereocenters. The zero-order chi connectivity index (χ0) is 6.41. The van der Waals surface area contributed by atoms with Crippen LogP contribution in [0.2, 0.25) is 0 Å². The summed E-state index contributed by atoms with van der Waals surface area (Å²) in [5.41, 5.74) is 0. The van der Waals surface area contributed by atoms with Crippen LogP contribution >= 0.6 is 21.6 Å². The lowest BCUT2D eigenvalue weighted by molar-refractivity contribution is -0.137. The fourth-order valence-corrected chi connectivity index (χ4v) is 1.14. The summed E-state index contributed by atoms with van der Waals surface area (Å²) in [4.78, 5) is 10.3. The first-order chi connectivity index (χ1) is 3.81. The third-order valence-electron chi connectivity index (χ3n) is 0.522. The van der Waals surface area contributed by atoms with E-state index in [1.807, 2.05) is 6.26 Å². The van der Waals surface area contributed by atoms with E-state index in [-0.39, 0.29) is 5.97 Å². The molecule has 2 nitrogen and oxygen atoms in total. The second kappa shape index (κ2) is 5.31. The smallest absolute Gasteiger partial charge is 0.316 e. The van der Waals surface area contributed by atoms with E-state index in [4.69, 9.17) is 0 Å². The van der Waals surface area contributed by atoms with E-state index in [9.17, 15) is 4.79 Å². The van der Waals surface area contributed by atoms with Gasteiger partial charge in [0, 0.05) is 0 Å². The SMILES string of the molecule is COC(=O)CSSC. The highest BCUT2D eigenvalue weighted by Crippen LogP contribution is 2.15. The number of hydrogen-bond acceptors (Lipinski definition) is 4. The number of methoxy groups -OCH3 is 1. The lowest BCUT2D eigenvalue weighted by Gasteiger charge is -1.93. The highest BCUT2D eigenvalue weighted by Gasteiger charge is 1.96. The molecule has 0 amide bonds. The summed E-state index contributed by atoms with van der Waals surface area (Å²) in [5.74, 6) is 0.279. The van der Waals surface area contributed by atoms with Crippen molar-refractivity contribution < 1.29 is 9.53 Å². The molecule has 0 aromatic rings. The molecule has 0 saturated heterocycles. The molecular formula is C4H8O2S2. The predicted molar refractivity (Wildman–Crippen MR) is 38.0 cm³/mol. The van der Waals surface area contributed by atoms with Gasteiger partial charge in [-0.1, -0.05) is 21.6 Å². The summed E-state index contributed by atoms with van der Waals surface area (Å²) < 4.78 is 4.38. The summed E-state index contributed by atoms with van der Waals surface area (Å²) >= 11 is 0. The average Bonchev–Trinajstić information content (AvgIpc) is 1.83. The van der Waals surface area contributed by atoms with Crippen molar-refractivity contribution >= 4 is 27.6 Å². The molecule has 0 fully saturated rings. The number of ether oxygens (including phenoxy) is 1. The van der Waals surface area contributed by atoms with Gasteiger partial charge in [0.15, 0.2) is 0 Å². The zero-order valence-corrected chi connectivity index (χ0v) is 6.47. The Morgan fingerprint density at radius 2 is 2.38 bits per heavy atom. The average molecular weight is 152 g/mol. The fraction of sp³-hybridized carbons (Fsp3) is 0.750. The Bertz CT molecular complexity index is 74.4. The molecule has 4 heteroatoms. The highest BCUT2D eigenvalue weighted by atomic mass is 33.1. The molecule has 0 bridgehead atoms. The molecule has 0 spiro atoms. The van der Waals surface area contributed by atoms with Crippen molar-refractivity contribution in [2.45, 2.75) is 0 Å². The van der Waals surface area contributed by atoms with Crippen LogP contribution in [0.1, 0.15) is 0 Å². The van der Waals surface area contributed by atoms with Crippen LogP contribution in [0.5, 0.6) is 0 Å². The molecule has 0 saturated carbocycles. The first-order valence-corrected chi connectivity index (χ1v) is 4.76. The van der Waals surface area contributed by atoms with E-state index in [0.29, 0.717) is 5.75 Å². The van der Waals surface area contributed by atoms with Crippen molar-refractivity contribution in [2.75, 3.05) is 19.1 Å². The molecule has 0 N–H and O–H groups in total. The number of carbonyl (C=O) groups excluding carboxylic acids is 1. The van der Waals surface area contributed by atoms with Crippen LogP contribution in [-0.4, -0.2) is 25.1 Å². The molecule has 48 valence electrons. The molecule has 8 heavy (non-hydrogen) atoms. The van der Waals surface area contributed by atoms with Crippen molar-refractivity contribution in [1.29, 1.82) is 0 Å². The third-order valence-corrected chi connectivity index (χ3v) is 2.17. The molecule has 0 aliphatic rings. The quantitative estimate of drug-likeness (QED) is 0.448. The molecular weight excluding hydrogens is 144 g/mol. The van der Waals surface area contributed by atoms with Crippen LogP contribution in [0.4, 0.5) is 0 Å². The molecule has 0 rings (SSSR count). The van der Waals surface area contributed by atoms with E-state index in [1.165, 1.54) is 17.9 Å². The van der Waals surface area contributed by atoms with Crippen molar-refractivity contribution in [3.63, 3.8) is 0 Å². The molecule has 0 radical (unpaired) electrons. The summed E-state index contributed by atoms with van der Waals surface area (Å²) in [5, 5.41) is 0. The van der Waals surface area contributed by atoms with Gasteiger partial charge >= 0.3 is 5.97 Å². The minimum Gasteiger partial charge on any atom is -0.468 e. The Hall–Kier alpha value is 0.170. The van der Waals surface area contributed by atoms with E-state index in [1.54, 1.807) is 10.8 Å². The van der Waals surface area contributed by atoms with Gasteiger partial charge in [-0.05, 0) is 6.26 Å². The van der Waals surface area contributed by atoms with Crippen molar-refractivity contribution in [2.24, 2.45) is 0 Å². The van der Waals surface area contributed by atoms with Crippen molar-refractivity contribution in [3.05, 3.63) is 0 Å². The Kier molecular flexibility index (Phi) is 5.42. The van der Waals surface area contributed by atoms with Gasteiger partial charge in [-0.3, -0.25) is 4.79 Å². The van der Waals surface area contributed by atoms with Crippen LogP contribution < -0.4 is 0 Å². The van der Waals surface area contributed by atoms with Crippen LogP contribution in [0.3, 0.4) is 0 Å². The van der Waals surface area contributed by atoms with Crippen molar-refractivity contribution in [1.82, 2.24) is 0 Å². The number of esters is 1. The van der Waals surface area contributed by atoms with Gasteiger partial charge in [0.25, 0.3) is 0 Å². The van der Waals surface area contributed by atoms with Crippen LogP contribution in [0.25, 0.3) is 0 Å². The molecule has 0 aromatic heterocycles. The van der Waals surface area contributed by atoms with E-state index < -0.39 is 0 Å². The van der Waals surface area contributed by atoms with E-state index in [0.717, 1.165) is 0 Å². The maximum absolute atomic E-state index is 10.3. The minimum absolute atomic E-state index is 0.163. The van der Waals surface area contributed by atoms with Crippen LogP contribution in [0, 0.1) is 0 Å². The maximum atomic E-state index is 10.3. The zero-order valence-electron chi connectivity index (χ0n) is 4.84. The Morgan fingerprint density at radius 3 is 2.75 bits per heavy atom. The lowest BCUT2D eigenvalue weighted by Crippen LogP contribution is -2.01. The Balaban J connectivity index is 2.99. The van der Waals surface area contributed by atoms with Gasteiger partial charge in [-0.15, -0.1) is 0 Å². The lowest BCUT2D eigenvalue weighted by atomic mass is 10.8. The predicted octanol–water partition coefficient (Wildman–Crippen LogP) is 1.17. The Labute approximate surface area is 56.8 Å². The van der Waals surface area contributed by atoms with E-state index >= 15 is 0 Å². The standard InChI is InChI=1S/C4H8O2S2/c1-6-4(5)3-8-7-2/h3H2,1-2H3. The number of hydrogen-bond donors (Lipinski definition) is 0. The first-order valence-electron chi connectivity index (χ1n) is 2.03. The van der Waals surface area contributed by atoms with Crippen LogP contribution in [-0.2, 0) is 9.53 Å². The summed E-state index contributed by atoms with van der Waals surface area (Å²) in [7, 11) is 4.44. The Morgan fingerprint density at radius 1 is 1.75 bits per heavy atom. The van der Waals surface area contributed by atoms with Gasteiger partial charge in [0.05, 0.1) is 7.11 Å². The summed E-state index contributed by atoms with van der Waals surface area (Å²) in [6, 6.07) is 0. The number of rotatable bonds is 3. The maximum Gasteiger partial charge on any atom is 0.316 e. The minimum atomic E-state index is -0.163. The largest absolute Gasteiger partial charge is 0.468 e. The second-order valence-corrected chi connectivity index (χ2v) is 3.57. The topological polar surface area (TPSA) is 26.3 Å². The molecule has 0 atom stereocenters. The van der Waals surface area contributed by atoms with E-state index in [2.05, 4.69) is 4.74 Å². The van der Waals surface area contributed by atoms with Gasteiger partial charge in [-0.2, -0.15) is 0 Å². The normalized spacial score (nSPS) is 8.75. The molecule has 0 aliphatic carbocycles. The first kappa shape index (κ1) is 8.17. The molecule has 0 aliphatic heterocycles. The van der Waals surface area contributed by atoms with Gasteiger partial charge in [0.2, 0.25) is 0 Å². The van der Waals surface area contributed by atoms with Gasteiger partial charge < -0.3 is 4.74 Å². The van der Waals surface area contributed by atoms with Gasteiger partial charge in [0.1, 0.15) is 5.75 Å². The summed E-state index contributed by atoms with van der Waals surface area (Å²) in [6.45, 7) is 0. The fourth-order valence-electron chi connectivity index (χ4n) is 0.166. The third kappa shape index (κ3) is 4.33. The second-order valence-electron chi connectivity index (χ2n) is 1.00. The molecule has 0 heterocycles.